The van der Waals surface area contributed by atoms with E-state index in [0.29, 0.717) is 0 Å². The van der Waals surface area contributed by atoms with E-state index in [4.69, 9.17) is 0 Å². The second-order valence-corrected chi connectivity index (χ2v) is 9.57. The molecule has 0 aliphatic heterocycles. The Morgan fingerprint density at radius 1 is 1.18 bits per heavy atom. The first-order valence-corrected chi connectivity index (χ1v) is 8.12. The van der Waals surface area contributed by atoms with E-state index in [1.165, 1.54) is 6.04 Å². The largest absolute Gasteiger partial charge is 0.314 e. The van der Waals surface area contributed by atoms with E-state index >= 15 is 0 Å². The van der Waals surface area contributed by atoms with Gasteiger partial charge in [0.05, 0.1) is 0 Å². The number of hydrogen-bond acceptors (Lipinski definition) is 1. The predicted octanol–water partition coefficient (Wildman–Crippen LogP) is 2.49. The van der Waals surface area contributed by atoms with Gasteiger partial charge in [0.15, 0.2) is 0 Å². The van der Waals surface area contributed by atoms with Gasteiger partial charge in [0.2, 0.25) is 0 Å². The summed E-state index contributed by atoms with van der Waals surface area (Å²) in [5.41, 5.74) is 0. The van der Waals surface area contributed by atoms with E-state index in [0.717, 1.165) is 13.1 Å². The van der Waals surface area contributed by atoms with Gasteiger partial charge in [0, 0.05) is 14.6 Å². The minimum absolute atomic E-state index is 0.832. The van der Waals surface area contributed by atoms with Crippen LogP contribution in [0.3, 0.4) is 0 Å². The summed E-state index contributed by atoms with van der Waals surface area (Å²) in [5.74, 6) is 0. The molecule has 1 N–H and O–H groups in total. The monoisotopic (exact) mass is 171 g/mol. The Morgan fingerprint density at radius 3 is 2.27 bits per heavy atom. The molecule has 11 heavy (non-hydrogen) atoms. The molecule has 0 bridgehead atoms. The normalized spacial score (nSPS) is 12.7. The molecular weight excluding hydrogens is 150 g/mol. The topological polar surface area (TPSA) is 12.0 Å². The molecule has 0 heterocycles. The van der Waals surface area contributed by atoms with Gasteiger partial charge in [-0.25, -0.2) is 0 Å². The van der Waals surface area contributed by atoms with Gasteiger partial charge in [0.25, 0.3) is 0 Å². The van der Waals surface area contributed by atoms with Crippen molar-refractivity contribution in [3.05, 3.63) is 12.2 Å². The molecule has 0 aliphatic rings. The molecule has 2 heteroatoms. The summed E-state index contributed by atoms with van der Waals surface area (Å²) in [4.78, 5) is 0. The van der Waals surface area contributed by atoms with Crippen LogP contribution in [0.1, 0.15) is 6.92 Å². The highest BCUT2D eigenvalue weighted by Crippen LogP contribution is 2.07. The Balaban J connectivity index is 3.30. The average molecular weight is 171 g/mol. The Bertz CT molecular complexity index is 113. The summed E-state index contributed by atoms with van der Waals surface area (Å²) in [6.07, 6.45) is 4.55. The van der Waals surface area contributed by atoms with Crippen molar-refractivity contribution in [3.63, 3.8) is 0 Å². The average Bonchev–Trinajstić information content (AvgIpc) is 1.85. The Morgan fingerprint density at radius 2 is 1.82 bits per heavy atom. The van der Waals surface area contributed by atoms with Crippen LogP contribution in [0.15, 0.2) is 12.2 Å². The number of nitrogens with one attached hydrogen (secondary N) is 1. The van der Waals surface area contributed by atoms with Crippen LogP contribution >= 0.6 is 0 Å². The van der Waals surface area contributed by atoms with E-state index < -0.39 is 8.07 Å². The standard InChI is InChI=1S/C9H21NSi/c1-5-10-8-6-7-9-11(2,3)4/h6-7,10H,5,8-9H2,1-4H3/b7-6+. The number of likely N-dealkylation sites (N-methyl/N-ethyl adjacent to an activating group) is 1. The molecule has 0 amide bonds. The second kappa shape index (κ2) is 5.55. The highest BCUT2D eigenvalue weighted by molar-refractivity contribution is 6.76. The van der Waals surface area contributed by atoms with E-state index in [1.54, 1.807) is 0 Å². The molecule has 0 rings (SSSR count). The van der Waals surface area contributed by atoms with E-state index in [2.05, 4.69) is 44.0 Å². The minimum atomic E-state index is -0.832. The van der Waals surface area contributed by atoms with Crippen LogP contribution < -0.4 is 5.32 Å². The fourth-order valence-electron chi connectivity index (χ4n) is 0.748. The first kappa shape index (κ1) is 10.9. The van der Waals surface area contributed by atoms with Gasteiger partial charge in [-0.05, 0) is 12.6 Å². The molecule has 0 aromatic heterocycles. The van der Waals surface area contributed by atoms with Gasteiger partial charge in [-0.2, -0.15) is 0 Å². The van der Waals surface area contributed by atoms with Crippen molar-refractivity contribution in [2.45, 2.75) is 32.6 Å². The van der Waals surface area contributed by atoms with Crippen LogP contribution in [0.4, 0.5) is 0 Å². The fourth-order valence-corrected chi connectivity index (χ4v) is 1.62. The molecule has 0 radical (unpaired) electrons. The van der Waals surface area contributed by atoms with Gasteiger partial charge in [-0.1, -0.05) is 38.7 Å². The number of rotatable bonds is 5. The molecule has 0 saturated carbocycles. The molecular formula is C9H21NSi. The molecule has 0 aromatic carbocycles. The molecule has 0 aliphatic carbocycles. The quantitative estimate of drug-likeness (QED) is 0.381. The third kappa shape index (κ3) is 9.92. The van der Waals surface area contributed by atoms with Crippen molar-refractivity contribution in [2.75, 3.05) is 13.1 Å². The van der Waals surface area contributed by atoms with Crippen molar-refractivity contribution >= 4 is 8.07 Å². The van der Waals surface area contributed by atoms with Crippen LogP contribution in [0.25, 0.3) is 0 Å². The minimum Gasteiger partial charge on any atom is -0.314 e. The molecule has 0 unspecified atom stereocenters. The Hall–Kier alpha value is -0.0831. The molecule has 1 nitrogen and oxygen atoms in total. The zero-order valence-corrected chi connectivity index (χ0v) is 9.28. The zero-order valence-electron chi connectivity index (χ0n) is 8.28. The smallest absolute Gasteiger partial charge is 0.0480 e. The maximum absolute atomic E-state index is 3.26. The maximum atomic E-state index is 3.26. The van der Waals surface area contributed by atoms with Crippen LogP contribution in [-0.2, 0) is 0 Å². The van der Waals surface area contributed by atoms with Gasteiger partial charge in [0.1, 0.15) is 0 Å². The molecule has 66 valence electrons. The third-order valence-corrected chi connectivity index (χ3v) is 2.87. The van der Waals surface area contributed by atoms with Crippen molar-refractivity contribution in [1.82, 2.24) is 5.32 Å². The summed E-state index contributed by atoms with van der Waals surface area (Å²) in [6, 6.07) is 1.30. The summed E-state index contributed by atoms with van der Waals surface area (Å²) in [7, 11) is -0.832. The van der Waals surface area contributed by atoms with Gasteiger partial charge in [-0.3, -0.25) is 0 Å². The van der Waals surface area contributed by atoms with Crippen LogP contribution in [0.2, 0.25) is 25.7 Å². The van der Waals surface area contributed by atoms with E-state index in [1.807, 2.05) is 0 Å². The molecule has 0 saturated heterocycles. The van der Waals surface area contributed by atoms with Crippen molar-refractivity contribution in [3.8, 4) is 0 Å². The van der Waals surface area contributed by atoms with Crippen LogP contribution in [0.5, 0.6) is 0 Å². The first-order valence-electron chi connectivity index (χ1n) is 4.42. The van der Waals surface area contributed by atoms with E-state index in [-0.39, 0.29) is 0 Å². The van der Waals surface area contributed by atoms with Crippen molar-refractivity contribution < 1.29 is 0 Å². The lowest BCUT2D eigenvalue weighted by molar-refractivity contribution is 0.799. The molecule has 0 fully saturated rings. The highest BCUT2D eigenvalue weighted by atomic mass is 28.3. The van der Waals surface area contributed by atoms with Crippen LogP contribution in [0, 0.1) is 0 Å². The SMILES string of the molecule is CCNC/C=C/C[Si](C)(C)C. The van der Waals surface area contributed by atoms with Crippen LogP contribution in [-0.4, -0.2) is 21.2 Å². The van der Waals surface area contributed by atoms with E-state index in [9.17, 15) is 0 Å². The zero-order chi connectivity index (χ0) is 8.74. The summed E-state index contributed by atoms with van der Waals surface area (Å²) in [5, 5.41) is 3.26. The van der Waals surface area contributed by atoms with Crippen molar-refractivity contribution in [1.29, 1.82) is 0 Å². The Kier molecular flexibility index (Phi) is 5.51. The maximum Gasteiger partial charge on any atom is 0.0480 e. The first-order chi connectivity index (χ1) is 5.06. The second-order valence-electron chi connectivity index (χ2n) is 4.04. The lowest BCUT2D eigenvalue weighted by Crippen LogP contribution is -2.18. The fraction of sp³-hybridized carbons (Fsp3) is 0.778. The van der Waals surface area contributed by atoms with Gasteiger partial charge < -0.3 is 5.32 Å². The highest BCUT2D eigenvalue weighted by Gasteiger charge is 2.08. The van der Waals surface area contributed by atoms with Gasteiger partial charge >= 0.3 is 0 Å². The van der Waals surface area contributed by atoms with Crippen molar-refractivity contribution in [2.24, 2.45) is 0 Å². The third-order valence-electron chi connectivity index (χ3n) is 1.41. The molecule has 0 atom stereocenters. The summed E-state index contributed by atoms with van der Waals surface area (Å²) >= 11 is 0. The Labute approximate surface area is 71.9 Å². The lowest BCUT2D eigenvalue weighted by Gasteiger charge is -2.11. The molecule has 0 spiro atoms. The summed E-state index contributed by atoms with van der Waals surface area (Å²) < 4.78 is 0. The lowest BCUT2D eigenvalue weighted by atomic mass is 10.5. The summed E-state index contributed by atoms with van der Waals surface area (Å²) in [6.45, 7) is 11.4. The predicted molar refractivity (Wildman–Crippen MR) is 55.8 cm³/mol. The molecule has 0 aromatic rings. The van der Waals surface area contributed by atoms with Gasteiger partial charge in [-0.15, -0.1) is 0 Å². The number of allylic oxidation sites excluding steroid dienone is 1. The number of hydrogen-bond donors (Lipinski definition) is 1.